The van der Waals surface area contributed by atoms with E-state index in [-0.39, 0.29) is 30.8 Å². The van der Waals surface area contributed by atoms with Crippen LogP contribution in [0, 0.1) is 0 Å². The molecule has 11 nitrogen and oxygen atoms in total. The van der Waals surface area contributed by atoms with Gasteiger partial charge in [-0.05, 0) is 110 Å². The van der Waals surface area contributed by atoms with Crippen molar-refractivity contribution in [3.05, 3.63) is 119 Å². The lowest BCUT2D eigenvalue weighted by molar-refractivity contribution is 0.101. The number of aliphatic hydroxyl groups is 2. The van der Waals surface area contributed by atoms with Crippen molar-refractivity contribution in [2.24, 2.45) is 0 Å². The van der Waals surface area contributed by atoms with Crippen LogP contribution < -0.4 is 20.4 Å². The summed E-state index contributed by atoms with van der Waals surface area (Å²) in [7, 11) is 0. The van der Waals surface area contributed by atoms with E-state index in [9.17, 15) is 14.4 Å². The average Bonchev–Trinajstić information content (AvgIpc) is 3.23. The first-order valence-corrected chi connectivity index (χ1v) is 19.1. The van der Waals surface area contributed by atoms with E-state index >= 15 is 0 Å². The Hall–Kier alpha value is -5.07. The van der Waals surface area contributed by atoms with Gasteiger partial charge in [0.1, 0.15) is 0 Å². The van der Waals surface area contributed by atoms with E-state index in [1.165, 1.54) is 0 Å². The Balaban J connectivity index is 0.00000276. The Morgan fingerprint density at radius 2 is 0.796 bits per heavy atom. The molecule has 0 radical (unpaired) electrons. The van der Waals surface area contributed by atoms with Crippen LogP contribution in [0.25, 0.3) is 0 Å². The molecule has 4 aromatic carbocycles. The van der Waals surface area contributed by atoms with Gasteiger partial charge in [-0.3, -0.25) is 24.2 Å². The molecule has 2 saturated heterocycles. The third-order valence-electron chi connectivity index (χ3n) is 9.81. The predicted octanol–water partition coefficient (Wildman–Crippen LogP) is 5.46. The van der Waals surface area contributed by atoms with Crippen LogP contribution in [0.4, 0.5) is 22.7 Å². The number of carbonyl (C=O) groups is 3. The highest BCUT2D eigenvalue weighted by Gasteiger charge is 2.19. The van der Waals surface area contributed by atoms with Gasteiger partial charge in [0.25, 0.3) is 11.8 Å². The molecule has 0 unspecified atom stereocenters. The maximum absolute atomic E-state index is 13.2. The highest BCUT2D eigenvalue weighted by atomic mass is 16.3. The van der Waals surface area contributed by atoms with Crippen LogP contribution in [-0.2, 0) is 0 Å². The van der Waals surface area contributed by atoms with Crippen molar-refractivity contribution in [2.45, 2.75) is 26.7 Å². The zero-order chi connectivity index (χ0) is 38.3. The molecule has 2 aliphatic heterocycles. The standard InChI is InChI=1S/C41H48N6O5.C2H6/c48-29-1-19-44-21-25-46(26-22-44)37-15-7-33(8-16-37)40(51)42-35-11-3-31(4-12-35)39(50)32-5-13-36(14-6-32)43-41(52)34-9-17-38(18-10-34)47-27-23-45(24-28-47)20-2-30-49;1-2/h3-18,48-49H,1-2,19-30H2,(H,42,51)(H,43,52);1-2H3. The lowest BCUT2D eigenvalue weighted by atomic mass is 10.0. The quantitative estimate of drug-likeness (QED) is 0.125. The first-order chi connectivity index (χ1) is 26.4. The van der Waals surface area contributed by atoms with Crippen LogP contribution in [-0.4, -0.2) is 116 Å². The molecular formula is C43H54N6O5. The second-order valence-corrected chi connectivity index (χ2v) is 13.3. The maximum Gasteiger partial charge on any atom is 0.255 e. The Labute approximate surface area is 319 Å². The molecule has 0 saturated carbocycles. The second-order valence-electron chi connectivity index (χ2n) is 13.3. The van der Waals surface area contributed by atoms with Gasteiger partial charge in [-0.2, -0.15) is 0 Å². The maximum atomic E-state index is 13.2. The highest BCUT2D eigenvalue weighted by Crippen LogP contribution is 2.22. The van der Waals surface area contributed by atoms with E-state index in [2.05, 4.69) is 30.2 Å². The Kier molecular flexibility index (Phi) is 15.2. The number of ketones is 1. The second kappa shape index (κ2) is 20.4. The fourth-order valence-corrected chi connectivity index (χ4v) is 6.68. The normalized spacial score (nSPS) is 14.9. The third kappa shape index (κ3) is 11.0. The number of nitrogens with one attached hydrogen (secondary N) is 2. The van der Waals surface area contributed by atoms with E-state index in [4.69, 9.17) is 10.2 Å². The van der Waals surface area contributed by atoms with Crippen molar-refractivity contribution < 1.29 is 24.6 Å². The molecule has 286 valence electrons. The van der Waals surface area contributed by atoms with Crippen LogP contribution in [0.5, 0.6) is 0 Å². The first kappa shape index (κ1) is 40.1. The summed E-state index contributed by atoms with van der Waals surface area (Å²) in [5, 5.41) is 24.0. The first-order valence-electron chi connectivity index (χ1n) is 19.1. The lowest BCUT2D eigenvalue weighted by Crippen LogP contribution is -2.46. The molecule has 4 N–H and O–H groups in total. The number of nitrogens with zero attached hydrogens (tertiary/aromatic N) is 4. The molecule has 54 heavy (non-hydrogen) atoms. The molecule has 2 fully saturated rings. The molecule has 2 aliphatic rings. The van der Waals surface area contributed by atoms with E-state index in [0.717, 1.165) is 89.7 Å². The third-order valence-corrected chi connectivity index (χ3v) is 9.81. The summed E-state index contributed by atoms with van der Waals surface area (Å²) >= 11 is 0. The van der Waals surface area contributed by atoms with Crippen molar-refractivity contribution in [3.63, 3.8) is 0 Å². The number of anilines is 4. The Morgan fingerprint density at radius 3 is 1.11 bits per heavy atom. The minimum Gasteiger partial charge on any atom is -0.396 e. The number of piperazine rings is 2. The highest BCUT2D eigenvalue weighted by molar-refractivity contribution is 6.10. The summed E-state index contributed by atoms with van der Waals surface area (Å²) in [5.74, 6) is -0.611. The molecule has 2 heterocycles. The number of benzene rings is 4. The van der Waals surface area contributed by atoms with Crippen LogP contribution in [0.2, 0.25) is 0 Å². The molecular weight excluding hydrogens is 681 g/mol. The zero-order valence-corrected chi connectivity index (χ0v) is 31.5. The van der Waals surface area contributed by atoms with Crippen LogP contribution in [0.1, 0.15) is 63.3 Å². The van der Waals surface area contributed by atoms with Gasteiger partial charge in [0.15, 0.2) is 5.78 Å². The number of aliphatic hydroxyl groups excluding tert-OH is 2. The SMILES string of the molecule is CC.O=C(Nc1ccc(C(=O)c2ccc(NC(=O)c3ccc(N4CCN(CCCO)CC4)cc3)cc2)cc1)c1ccc(N2CCN(CCCO)CC2)cc1. The molecule has 2 amide bonds. The monoisotopic (exact) mass is 734 g/mol. The number of carbonyl (C=O) groups excluding carboxylic acids is 3. The summed E-state index contributed by atoms with van der Waals surface area (Å²) in [5.41, 5.74) is 5.42. The van der Waals surface area contributed by atoms with Gasteiger partial charge in [0.2, 0.25) is 0 Å². The summed E-state index contributed by atoms with van der Waals surface area (Å²) < 4.78 is 0. The molecule has 6 rings (SSSR count). The van der Waals surface area contributed by atoms with Crippen molar-refractivity contribution >= 4 is 40.3 Å². The van der Waals surface area contributed by atoms with Crippen LogP contribution in [0.15, 0.2) is 97.1 Å². The summed E-state index contributed by atoms with van der Waals surface area (Å²) in [6.07, 6.45) is 1.59. The zero-order valence-electron chi connectivity index (χ0n) is 31.5. The van der Waals surface area contributed by atoms with Gasteiger partial charge in [0, 0.05) is 124 Å². The van der Waals surface area contributed by atoms with Gasteiger partial charge in [0.05, 0.1) is 0 Å². The van der Waals surface area contributed by atoms with E-state index < -0.39 is 0 Å². The topological polar surface area (TPSA) is 129 Å². The minimum absolute atomic E-state index is 0.162. The van der Waals surface area contributed by atoms with Gasteiger partial charge in [-0.1, -0.05) is 13.8 Å². The predicted molar refractivity (Wildman–Crippen MR) is 217 cm³/mol. The Bertz CT molecular complexity index is 1630. The smallest absolute Gasteiger partial charge is 0.255 e. The molecule has 4 aromatic rings. The van der Waals surface area contributed by atoms with Crippen molar-refractivity contribution in [3.8, 4) is 0 Å². The number of hydrogen-bond acceptors (Lipinski definition) is 9. The molecule has 0 aromatic heterocycles. The van der Waals surface area contributed by atoms with Crippen molar-refractivity contribution in [2.75, 3.05) is 99.1 Å². The Morgan fingerprint density at radius 1 is 0.481 bits per heavy atom. The fraction of sp³-hybridized carbons (Fsp3) is 0.372. The summed E-state index contributed by atoms with van der Waals surface area (Å²) in [6.45, 7) is 13.7. The largest absolute Gasteiger partial charge is 0.396 e. The van der Waals surface area contributed by atoms with E-state index in [1.807, 2.05) is 62.4 Å². The fourth-order valence-electron chi connectivity index (χ4n) is 6.68. The number of hydrogen-bond donors (Lipinski definition) is 4. The van der Waals surface area contributed by atoms with Gasteiger partial charge >= 0.3 is 0 Å². The van der Waals surface area contributed by atoms with Gasteiger partial charge in [-0.25, -0.2) is 0 Å². The van der Waals surface area contributed by atoms with E-state index in [0.29, 0.717) is 33.6 Å². The molecule has 0 atom stereocenters. The molecule has 11 heteroatoms. The van der Waals surface area contributed by atoms with Crippen molar-refractivity contribution in [1.82, 2.24) is 9.80 Å². The van der Waals surface area contributed by atoms with Crippen LogP contribution >= 0.6 is 0 Å². The molecule has 0 bridgehead atoms. The average molecular weight is 735 g/mol. The minimum atomic E-state index is -0.225. The number of rotatable bonds is 14. The summed E-state index contributed by atoms with van der Waals surface area (Å²) in [6, 6.07) is 28.8. The lowest BCUT2D eigenvalue weighted by Gasteiger charge is -2.36. The summed E-state index contributed by atoms with van der Waals surface area (Å²) in [4.78, 5) is 48.4. The van der Waals surface area contributed by atoms with E-state index in [1.54, 1.807) is 48.5 Å². The van der Waals surface area contributed by atoms with Gasteiger partial charge < -0.3 is 30.6 Å². The molecule has 0 aliphatic carbocycles. The van der Waals surface area contributed by atoms with Crippen LogP contribution in [0.3, 0.4) is 0 Å². The van der Waals surface area contributed by atoms with Crippen molar-refractivity contribution in [1.29, 1.82) is 0 Å². The molecule has 0 spiro atoms. The van der Waals surface area contributed by atoms with Gasteiger partial charge in [-0.15, -0.1) is 0 Å². The number of amides is 2.